The molecule has 0 aromatic carbocycles. The van der Waals surface area contributed by atoms with Crippen LogP contribution in [0.2, 0.25) is 0 Å². The maximum Gasteiger partial charge on any atom is 0.311 e. The van der Waals surface area contributed by atoms with Gasteiger partial charge < -0.3 is 19.6 Å². The highest BCUT2D eigenvalue weighted by Crippen LogP contribution is 2.17. The molecule has 0 saturated heterocycles. The predicted octanol–water partition coefficient (Wildman–Crippen LogP) is 2.01. The number of carboxylic acids is 1. The van der Waals surface area contributed by atoms with Gasteiger partial charge in [-0.1, -0.05) is 13.8 Å². The van der Waals surface area contributed by atoms with Crippen LogP contribution in [0.3, 0.4) is 0 Å². The lowest BCUT2D eigenvalue weighted by Crippen LogP contribution is -2.28. The van der Waals surface area contributed by atoms with Gasteiger partial charge in [-0.25, -0.2) is 0 Å². The van der Waals surface area contributed by atoms with E-state index < -0.39 is 5.97 Å². The molecule has 1 aromatic heterocycles. The van der Waals surface area contributed by atoms with E-state index in [-0.39, 0.29) is 18.1 Å². The lowest BCUT2D eigenvalue weighted by atomic mass is 10.1. The van der Waals surface area contributed by atoms with Crippen molar-refractivity contribution in [3.05, 3.63) is 23.2 Å². The maximum atomic E-state index is 12.1. The van der Waals surface area contributed by atoms with E-state index in [0.717, 1.165) is 6.42 Å². The third kappa shape index (κ3) is 5.99. The van der Waals surface area contributed by atoms with Gasteiger partial charge in [-0.3, -0.25) is 9.59 Å². The molecule has 2 N–H and O–H groups in total. The van der Waals surface area contributed by atoms with Gasteiger partial charge in [-0.15, -0.1) is 0 Å². The van der Waals surface area contributed by atoms with Gasteiger partial charge in [0.2, 0.25) is 0 Å². The molecule has 0 spiro atoms. The Balaban J connectivity index is 2.41. The Labute approximate surface area is 124 Å². The van der Waals surface area contributed by atoms with E-state index >= 15 is 0 Å². The second-order valence-electron chi connectivity index (χ2n) is 5.34. The van der Waals surface area contributed by atoms with Crippen LogP contribution in [0.4, 0.5) is 0 Å². The van der Waals surface area contributed by atoms with Gasteiger partial charge in [0.05, 0.1) is 18.4 Å². The molecule has 0 aliphatic heterocycles. The van der Waals surface area contributed by atoms with Crippen molar-refractivity contribution in [3.63, 3.8) is 0 Å². The molecular weight excluding hydrogens is 274 g/mol. The minimum absolute atomic E-state index is 0.179. The first-order valence-corrected chi connectivity index (χ1v) is 7.06. The van der Waals surface area contributed by atoms with E-state index in [0.29, 0.717) is 36.8 Å². The summed E-state index contributed by atoms with van der Waals surface area (Å²) in [5.74, 6) is -0.592. The van der Waals surface area contributed by atoms with E-state index in [1.165, 1.54) is 6.26 Å². The smallest absolute Gasteiger partial charge is 0.311 e. The average molecular weight is 297 g/mol. The van der Waals surface area contributed by atoms with Crippen LogP contribution in [0.25, 0.3) is 0 Å². The second-order valence-corrected chi connectivity index (χ2v) is 5.34. The monoisotopic (exact) mass is 297 g/mol. The van der Waals surface area contributed by atoms with Crippen molar-refractivity contribution in [1.82, 2.24) is 5.32 Å². The maximum absolute atomic E-state index is 12.1. The average Bonchev–Trinajstić information content (AvgIpc) is 2.73. The zero-order valence-electron chi connectivity index (χ0n) is 12.8. The summed E-state index contributed by atoms with van der Waals surface area (Å²) < 4.78 is 10.5. The topological polar surface area (TPSA) is 88.8 Å². The van der Waals surface area contributed by atoms with Crippen molar-refractivity contribution >= 4 is 11.9 Å². The Morgan fingerprint density at radius 3 is 2.71 bits per heavy atom. The standard InChI is InChI=1S/C15H23NO5/c1-10(2)4-6-20-7-5-16-15(19)14-11(3)9-21-12(14)8-13(17)18/h9-10H,4-8H2,1-3H3,(H,16,19)(H,17,18). The highest BCUT2D eigenvalue weighted by atomic mass is 16.5. The molecule has 0 aliphatic carbocycles. The largest absolute Gasteiger partial charge is 0.481 e. The highest BCUT2D eigenvalue weighted by molar-refractivity contribution is 5.97. The zero-order chi connectivity index (χ0) is 15.8. The third-order valence-corrected chi connectivity index (χ3v) is 2.96. The number of aryl methyl sites for hydroxylation is 1. The van der Waals surface area contributed by atoms with E-state index in [1.54, 1.807) is 6.92 Å². The van der Waals surface area contributed by atoms with Crippen molar-refractivity contribution in [2.24, 2.45) is 5.92 Å². The Kier molecular flexibility index (Phi) is 6.94. The number of carbonyl (C=O) groups excluding carboxylic acids is 1. The summed E-state index contributed by atoms with van der Waals surface area (Å²) >= 11 is 0. The molecule has 1 amide bonds. The number of aliphatic carboxylic acids is 1. The number of furan rings is 1. The summed E-state index contributed by atoms with van der Waals surface area (Å²) in [6, 6.07) is 0. The molecule has 0 atom stereocenters. The molecule has 0 radical (unpaired) electrons. The summed E-state index contributed by atoms with van der Waals surface area (Å²) in [6.07, 6.45) is 2.07. The molecule has 118 valence electrons. The zero-order valence-corrected chi connectivity index (χ0v) is 12.8. The van der Waals surface area contributed by atoms with Crippen LogP contribution in [-0.4, -0.2) is 36.7 Å². The number of amides is 1. The Morgan fingerprint density at radius 1 is 1.38 bits per heavy atom. The van der Waals surface area contributed by atoms with Gasteiger partial charge in [0, 0.05) is 18.7 Å². The van der Waals surface area contributed by atoms with Crippen LogP contribution >= 0.6 is 0 Å². The molecule has 21 heavy (non-hydrogen) atoms. The molecule has 1 rings (SSSR count). The third-order valence-electron chi connectivity index (χ3n) is 2.96. The van der Waals surface area contributed by atoms with E-state index in [1.807, 2.05) is 0 Å². The van der Waals surface area contributed by atoms with Crippen molar-refractivity contribution in [2.45, 2.75) is 33.6 Å². The van der Waals surface area contributed by atoms with Gasteiger partial charge in [-0.2, -0.15) is 0 Å². The minimum Gasteiger partial charge on any atom is -0.481 e. The molecule has 0 saturated carbocycles. The molecule has 0 bridgehead atoms. The molecule has 0 unspecified atom stereocenters. The molecule has 6 heteroatoms. The molecule has 1 aromatic rings. The number of hydrogen-bond donors (Lipinski definition) is 2. The van der Waals surface area contributed by atoms with E-state index in [9.17, 15) is 9.59 Å². The fourth-order valence-electron chi connectivity index (χ4n) is 1.82. The Morgan fingerprint density at radius 2 is 2.10 bits per heavy atom. The molecule has 1 heterocycles. The van der Waals surface area contributed by atoms with Crippen LogP contribution < -0.4 is 5.32 Å². The quantitative estimate of drug-likeness (QED) is 0.681. The van der Waals surface area contributed by atoms with Crippen molar-refractivity contribution in [2.75, 3.05) is 19.8 Å². The van der Waals surface area contributed by atoms with Gasteiger partial charge in [-0.05, 0) is 19.3 Å². The van der Waals surface area contributed by atoms with Crippen molar-refractivity contribution in [3.8, 4) is 0 Å². The van der Waals surface area contributed by atoms with Crippen LogP contribution in [0.15, 0.2) is 10.7 Å². The Hall–Kier alpha value is -1.82. The number of hydrogen-bond acceptors (Lipinski definition) is 4. The van der Waals surface area contributed by atoms with Crippen LogP contribution in [-0.2, 0) is 16.0 Å². The SMILES string of the molecule is Cc1coc(CC(=O)O)c1C(=O)NCCOCCC(C)C. The van der Waals surface area contributed by atoms with Gasteiger partial charge in [0.15, 0.2) is 0 Å². The summed E-state index contributed by atoms with van der Waals surface area (Å²) in [5, 5.41) is 11.5. The fourth-order valence-corrected chi connectivity index (χ4v) is 1.82. The highest BCUT2D eigenvalue weighted by Gasteiger charge is 2.20. The first kappa shape index (κ1) is 17.2. The predicted molar refractivity (Wildman–Crippen MR) is 77.4 cm³/mol. The number of ether oxygens (including phenoxy) is 1. The van der Waals surface area contributed by atoms with E-state index in [4.69, 9.17) is 14.3 Å². The lowest BCUT2D eigenvalue weighted by molar-refractivity contribution is -0.136. The van der Waals surface area contributed by atoms with Crippen LogP contribution in [0, 0.1) is 12.8 Å². The molecule has 0 aliphatic rings. The van der Waals surface area contributed by atoms with Crippen molar-refractivity contribution in [1.29, 1.82) is 0 Å². The van der Waals surface area contributed by atoms with Gasteiger partial charge in [0.1, 0.15) is 12.2 Å². The summed E-state index contributed by atoms with van der Waals surface area (Å²) in [7, 11) is 0. The molecule has 6 nitrogen and oxygen atoms in total. The van der Waals surface area contributed by atoms with Gasteiger partial charge >= 0.3 is 5.97 Å². The summed E-state index contributed by atoms with van der Waals surface area (Å²) in [5.41, 5.74) is 0.934. The van der Waals surface area contributed by atoms with Crippen molar-refractivity contribution < 1.29 is 23.8 Å². The van der Waals surface area contributed by atoms with Gasteiger partial charge in [0.25, 0.3) is 5.91 Å². The number of rotatable bonds is 9. The summed E-state index contributed by atoms with van der Waals surface area (Å²) in [6.45, 7) is 7.44. The van der Waals surface area contributed by atoms with Crippen LogP contribution in [0.5, 0.6) is 0 Å². The minimum atomic E-state index is -1.03. The van der Waals surface area contributed by atoms with E-state index in [2.05, 4.69) is 19.2 Å². The number of carboxylic acid groups (broad SMARTS) is 1. The first-order chi connectivity index (χ1) is 9.91. The normalized spacial score (nSPS) is 10.9. The Bertz CT molecular complexity index is 478. The second kappa shape index (κ2) is 8.46. The molecule has 0 fully saturated rings. The lowest BCUT2D eigenvalue weighted by Gasteiger charge is -2.08. The number of carbonyl (C=O) groups is 2. The molecular formula is C15H23NO5. The summed E-state index contributed by atoms with van der Waals surface area (Å²) in [4.78, 5) is 22.8. The van der Waals surface area contributed by atoms with Crippen LogP contribution in [0.1, 0.15) is 41.9 Å². The fraction of sp³-hybridized carbons (Fsp3) is 0.600. The first-order valence-electron chi connectivity index (χ1n) is 7.06. The number of nitrogens with one attached hydrogen (secondary N) is 1.